The van der Waals surface area contributed by atoms with Crippen LogP contribution in [0.3, 0.4) is 0 Å². The van der Waals surface area contributed by atoms with Gasteiger partial charge in [0.25, 0.3) is 0 Å². The van der Waals surface area contributed by atoms with E-state index in [1.54, 1.807) is 12.0 Å². The Morgan fingerprint density at radius 2 is 1.63 bits per heavy atom. The third-order valence-electron chi connectivity index (χ3n) is 6.00. The predicted molar refractivity (Wildman–Crippen MR) is 79.0 cm³/mol. The van der Waals surface area contributed by atoms with Gasteiger partial charge >= 0.3 is 0 Å². The van der Waals surface area contributed by atoms with Gasteiger partial charge in [0.15, 0.2) is 0 Å². The maximum Gasteiger partial charge on any atom is -0.00367 e. The molecule has 4 aliphatic carbocycles. The van der Waals surface area contributed by atoms with Crippen LogP contribution in [-0.2, 0) is 6.42 Å². The van der Waals surface area contributed by atoms with Crippen LogP contribution in [-0.4, -0.2) is 6.54 Å². The fourth-order valence-corrected chi connectivity index (χ4v) is 5.59. The van der Waals surface area contributed by atoms with Crippen molar-refractivity contribution < 1.29 is 0 Å². The summed E-state index contributed by atoms with van der Waals surface area (Å²) in [5, 5.41) is 0. The fraction of sp³-hybridized carbons (Fsp3) is 0.667. The fourth-order valence-electron chi connectivity index (χ4n) is 5.59. The van der Waals surface area contributed by atoms with Crippen molar-refractivity contribution in [2.75, 3.05) is 6.54 Å². The van der Waals surface area contributed by atoms with Crippen LogP contribution in [0.25, 0.3) is 0 Å². The van der Waals surface area contributed by atoms with Crippen molar-refractivity contribution in [3.63, 3.8) is 0 Å². The summed E-state index contributed by atoms with van der Waals surface area (Å²) in [7, 11) is 0. The molecule has 0 aromatic heterocycles. The van der Waals surface area contributed by atoms with Crippen LogP contribution in [0.1, 0.15) is 49.1 Å². The second-order valence-corrected chi connectivity index (χ2v) is 7.24. The lowest BCUT2D eigenvalue weighted by molar-refractivity contribution is -0.00279. The molecule has 0 spiro atoms. The molecule has 4 aliphatic rings. The van der Waals surface area contributed by atoms with Gasteiger partial charge in [0.1, 0.15) is 0 Å². The number of hydrogen-bond acceptors (Lipinski definition) is 1. The van der Waals surface area contributed by atoms with Crippen molar-refractivity contribution >= 4 is 0 Å². The standard InChI is InChI=1S/C18H25N/c19-5-4-12-2-1-3-15(7-12)18-16-8-13-6-14(10-16)11-17(18)9-13/h1-3,7,13-14,16-18H,4-6,8-11,19H2. The molecule has 1 aromatic carbocycles. The summed E-state index contributed by atoms with van der Waals surface area (Å²) < 4.78 is 0. The summed E-state index contributed by atoms with van der Waals surface area (Å²) in [6.45, 7) is 0.769. The maximum atomic E-state index is 5.71. The summed E-state index contributed by atoms with van der Waals surface area (Å²) in [6, 6.07) is 9.34. The van der Waals surface area contributed by atoms with E-state index in [9.17, 15) is 0 Å². The van der Waals surface area contributed by atoms with Crippen molar-refractivity contribution in [2.45, 2.75) is 44.4 Å². The van der Waals surface area contributed by atoms with E-state index in [0.717, 1.165) is 42.6 Å². The summed E-state index contributed by atoms with van der Waals surface area (Å²) in [5.41, 5.74) is 8.77. The van der Waals surface area contributed by atoms with Crippen LogP contribution in [0.2, 0.25) is 0 Å². The van der Waals surface area contributed by atoms with E-state index in [1.807, 2.05) is 0 Å². The highest BCUT2D eigenvalue weighted by molar-refractivity contribution is 5.29. The first-order valence-electron chi connectivity index (χ1n) is 8.12. The summed E-state index contributed by atoms with van der Waals surface area (Å²) in [4.78, 5) is 0. The minimum absolute atomic E-state index is 0.769. The lowest BCUT2D eigenvalue weighted by atomic mass is 9.51. The average Bonchev–Trinajstić information content (AvgIpc) is 2.38. The Balaban J connectivity index is 1.63. The summed E-state index contributed by atoms with van der Waals surface area (Å²) >= 11 is 0. The molecule has 19 heavy (non-hydrogen) atoms. The Morgan fingerprint density at radius 1 is 0.947 bits per heavy atom. The van der Waals surface area contributed by atoms with Crippen molar-refractivity contribution in [1.29, 1.82) is 0 Å². The quantitative estimate of drug-likeness (QED) is 0.875. The smallest absolute Gasteiger partial charge is 0.00367 e. The van der Waals surface area contributed by atoms with Crippen molar-refractivity contribution in [2.24, 2.45) is 29.4 Å². The minimum atomic E-state index is 0.769. The number of benzene rings is 1. The molecule has 4 fully saturated rings. The first kappa shape index (κ1) is 12.0. The first-order chi connectivity index (χ1) is 9.33. The highest BCUT2D eigenvalue weighted by atomic mass is 14.5. The van der Waals surface area contributed by atoms with Gasteiger partial charge in [0.05, 0.1) is 0 Å². The molecule has 5 rings (SSSR count). The maximum absolute atomic E-state index is 5.71. The van der Waals surface area contributed by atoms with E-state index in [2.05, 4.69) is 24.3 Å². The number of hydrogen-bond donors (Lipinski definition) is 1. The third-order valence-corrected chi connectivity index (χ3v) is 6.00. The van der Waals surface area contributed by atoms with Gasteiger partial charge in [-0.3, -0.25) is 0 Å². The topological polar surface area (TPSA) is 26.0 Å². The molecule has 0 heterocycles. The molecule has 4 saturated carbocycles. The first-order valence-corrected chi connectivity index (χ1v) is 8.12. The molecule has 1 aromatic rings. The van der Waals surface area contributed by atoms with Crippen LogP contribution in [0, 0.1) is 23.7 Å². The molecule has 0 unspecified atom stereocenters. The zero-order valence-electron chi connectivity index (χ0n) is 11.7. The molecule has 0 radical (unpaired) electrons. The highest BCUT2D eigenvalue weighted by Gasteiger charge is 2.48. The Kier molecular flexibility index (Phi) is 2.91. The molecule has 1 nitrogen and oxygen atoms in total. The van der Waals surface area contributed by atoms with Gasteiger partial charge in [-0.15, -0.1) is 0 Å². The second-order valence-electron chi connectivity index (χ2n) is 7.24. The number of nitrogens with two attached hydrogens (primary N) is 1. The van der Waals surface area contributed by atoms with Crippen molar-refractivity contribution in [3.8, 4) is 0 Å². The van der Waals surface area contributed by atoms with Gasteiger partial charge in [-0.25, -0.2) is 0 Å². The van der Waals surface area contributed by atoms with Crippen LogP contribution < -0.4 is 5.73 Å². The second kappa shape index (κ2) is 4.63. The monoisotopic (exact) mass is 255 g/mol. The van der Waals surface area contributed by atoms with E-state index >= 15 is 0 Å². The van der Waals surface area contributed by atoms with Crippen LogP contribution in [0.15, 0.2) is 24.3 Å². The van der Waals surface area contributed by atoms with Gasteiger partial charge in [0.2, 0.25) is 0 Å². The van der Waals surface area contributed by atoms with Crippen LogP contribution in [0.4, 0.5) is 0 Å². The van der Waals surface area contributed by atoms with E-state index in [-0.39, 0.29) is 0 Å². The average molecular weight is 255 g/mol. The molecule has 0 amide bonds. The van der Waals surface area contributed by atoms with E-state index in [4.69, 9.17) is 5.73 Å². The van der Waals surface area contributed by atoms with Crippen molar-refractivity contribution in [3.05, 3.63) is 35.4 Å². The number of rotatable bonds is 3. The largest absolute Gasteiger partial charge is 0.330 e. The predicted octanol–water partition coefficient (Wildman–Crippen LogP) is 3.73. The van der Waals surface area contributed by atoms with Gasteiger partial charge in [-0.1, -0.05) is 24.3 Å². The molecule has 0 aliphatic heterocycles. The Morgan fingerprint density at radius 3 is 2.26 bits per heavy atom. The molecular formula is C18H25N. The Labute approximate surface area is 116 Å². The van der Waals surface area contributed by atoms with Crippen molar-refractivity contribution in [1.82, 2.24) is 0 Å². The minimum Gasteiger partial charge on any atom is -0.330 e. The molecular weight excluding hydrogens is 230 g/mol. The molecule has 0 saturated heterocycles. The van der Waals surface area contributed by atoms with Gasteiger partial charge in [-0.05, 0) is 85.8 Å². The zero-order chi connectivity index (χ0) is 12.8. The zero-order valence-corrected chi connectivity index (χ0v) is 11.7. The SMILES string of the molecule is NCCc1cccc(C2C3CC4CC(C3)CC2C4)c1. The Bertz CT molecular complexity index is 437. The van der Waals surface area contributed by atoms with Gasteiger partial charge < -0.3 is 5.73 Å². The Hall–Kier alpha value is -0.820. The molecule has 1 heteroatoms. The van der Waals surface area contributed by atoms with Crippen LogP contribution >= 0.6 is 0 Å². The lowest BCUT2D eigenvalue weighted by Gasteiger charge is -2.54. The van der Waals surface area contributed by atoms with Gasteiger partial charge in [-0.2, -0.15) is 0 Å². The molecule has 4 bridgehead atoms. The third kappa shape index (κ3) is 2.03. The summed E-state index contributed by atoms with van der Waals surface area (Å²) in [5.74, 6) is 5.00. The van der Waals surface area contributed by atoms with E-state index < -0.39 is 0 Å². The molecule has 0 atom stereocenters. The lowest BCUT2D eigenvalue weighted by Crippen LogP contribution is -2.43. The normalized spacial score (nSPS) is 39.7. The van der Waals surface area contributed by atoms with E-state index in [1.165, 1.54) is 31.2 Å². The van der Waals surface area contributed by atoms with Crippen LogP contribution in [0.5, 0.6) is 0 Å². The van der Waals surface area contributed by atoms with E-state index in [0.29, 0.717) is 0 Å². The molecule has 102 valence electrons. The summed E-state index contributed by atoms with van der Waals surface area (Å²) in [6.07, 6.45) is 8.63. The highest BCUT2D eigenvalue weighted by Crippen LogP contribution is 2.59. The van der Waals surface area contributed by atoms with Gasteiger partial charge in [0, 0.05) is 0 Å². The molecule has 2 N–H and O–H groups in total.